The smallest absolute Gasteiger partial charge is 0.251 e. The molecule has 1 fully saturated rings. The predicted molar refractivity (Wildman–Crippen MR) is 124 cm³/mol. The lowest BCUT2D eigenvalue weighted by molar-refractivity contribution is 0.0486. The monoisotopic (exact) mass is 447 g/mol. The normalized spacial score (nSPS) is 16.5. The molecule has 3 aromatic rings. The third-order valence-electron chi connectivity index (χ3n) is 6.67. The van der Waals surface area contributed by atoms with E-state index in [-0.39, 0.29) is 18.1 Å². The fraction of sp³-hybridized carbons (Fsp3) is 0.385. The van der Waals surface area contributed by atoms with E-state index >= 15 is 0 Å². The number of benzene rings is 2. The van der Waals surface area contributed by atoms with Gasteiger partial charge in [-0.15, -0.1) is 0 Å². The summed E-state index contributed by atoms with van der Waals surface area (Å²) < 4.78 is 18.7. The number of hydrogen-bond acceptors (Lipinski definition) is 5. The number of fused-ring (bicyclic) bond motifs is 1. The van der Waals surface area contributed by atoms with Crippen LogP contribution in [0.5, 0.6) is 11.5 Å². The zero-order valence-electron chi connectivity index (χ0n) is 19.1. The van der Waals surface area contributed by atoms with Gasteiger partial charge in [-0.25, -0.2) is 0 Å². The molecule has 1 N–H and O–H groups in total. The quantitative estimate of drug-likeness (QED) is 0.623. The van der Waals surface area contributed by atoms with Crippen LogP contribution in [-0.4, -0.2) is 42.2 Å². The number of nitrogens with one attached hydrogen (secondary N) is 1. The van der Waals surface area contributed by atoms with Gasteiger partial charge in [0.15, 0.2) is 11.5 Å². The van der Waals surface area contributed by atoms with Crippen LogP contribution in [0.25, 0.3) is 0 Å². The minimum atomic E-state index is -0.190. The van der Waals surface area contributed by atoms with Crippen LogP contribution in [0.2, 0.25) is 0 Å². The summed E-state index contributed by atoms with van der Waals surface area (Å²) in [7, 11) is 0. The average Bonchev–Trinajstić information content (AvgIpc) is 3.43. The highest BCUT2D eigenvalue weighted by molar-refractivity contribution is 5.94. The second kappa shape index (κ2) is 8.90. The van der Waals surface area contributed by atoms with Gasteiger partial charge < -0.3 is 19.5 Å². The van der Waals surface area contributed by atoms with Gasteiger partial charge in [-0.1, -0.05) is 18.2 Å². The summed E-state index contributed by atoms with van der Waals surface area (Å²) in [6, 6.07) is 15.9. The van der Waals surface area contributed by atoms with Crippen molar-refractivity contribution in [2.24, 2.45) is 0 Å². The first kappa shape index (κ1) is 21.5. The van der Waals surface area contributed by atoms with Crippen LogP contribution in [-0.2, 0) is 16.7 Å². The molecule has 7 nitrogen and oxygen atoms in total. The summed E-state index contributed by atoms with van der Waals surface area (Å²) in [5, 5.41) is 7.69. The van der Waals surface area contributed by atoms with Gasteiger partial charge in [0.05, 0.1) is 12.2 Å². The van der Waals surface area contributed by atoms with Crippen LogP contribution in [0.4, 0.5) is 0 Å². The first-order valence-corrected chi connectivity index (χ1v) is 11.4. The fourth-order valence-corrected chi connectivity index (χ4v) is 4.68. The maximum atomic E-state index is 13.0. The molecule has 33 heavy (non-hydrogen) atoms. The summed E-state index contributed by atoms with van der Waals surface area (Å²) >= 11 is 0. The third-order valence-corrected chi connectivity index (χ3v) is 6.67. The van der Waals surface area contributed by atoms with E-state index in [1.807, 2.05) is 54.9 Å². The maximum absolute atomic E-state index is 13.0. The van der Waals surface area contributed by atoms with Crippen LogP contribution < -0.4 is 14.8 Å². The highest BCUT2D eigenvalue weighted by Crippen LogP contribution is 2.40. The molecule has 0 spiro atoms. The van der Waals surface area contributed by atoms with Crippen molar-refractivity contribution in [2.45, 2.75) is 38.6 Å². The summed E-state index contributed by atoms with van der Waals surface area (Å²) in [6.45, 7) is 6.87. The number of ether oxygens (including phenoxy) is 3. The standard InChI is InChI=1S/C26H29N3O4/c1-18-13-19(2)29(28-18)15-20-3-5-21(6-4-20)25(30)27-16-26(9-11-31-12-10-26)22-7-8-23-24(14-22)33-17-32-23/h3-8,13-14H,9-12,15-17H2,1-2H3,(H,27,30). The van der Waals surface area contributed by atoms with E-state index < -0.39 is 0 Å². The summed E-state index contributed by atoms with van der Waals surface area (Å²) in [4.78, 5) is 13.0. The number of rotatable bonds is 6. The molecule has 0 bridgehead atoms. The lowest BCUT2D eigenvalue weighted by Gasteiger charge is -2.38. The van der Waals surface area contributed by atoms with Crippen molar-refractivity contribution >= 4 is 5.91 Å². The molecule has 0 atom stereocenters. The van der Waals surface area contributed by atoms with Crippen molar-refractivity contribution in [1.82, 2.24) is 15.1 Å². The number of carbonyl (C=O) groups excluding carboxylic acids is 1. The minimum Gasteiger partial charge on any atom is -0.454 e. The van der Waals surface area contributed by atoms with E-state index in [1.54, 1.807) is 0 Å². The van der Waals surface area contributed by atoms with E-state index in [2.05, 4.69) is 22.5 Å². The van der Waals surface area contributed by atoms with Gasteiger partial charge in [-0.3, -0.25) is 9.48 Å². The Hall–Kier alpha value is -3.32. The molecular formula is C26H29N3O4. The molecule has 1 amide bonds. The van der Waals surface area contributed by atoms with E-state index in [9.17, 15) is 4.79 Å². The van der Waals surface area contributed by atoms with Gasteiger partial charge in [0, 0.05) is 36.4 Å². The van der Waals surface area contributed by atoms with Gasteiger partial charge in [-0.2, -0.15) is 5.10 Å². The van der Waals surface area contributed by atoms with E-state index in [0.29, 0.717) is 31.9 Å². The van der Waals surface area contributed by atoms with Crippen molar-refractivity contribution < 1.29 is 19.0 Å². The Kier molecular flexibility index (Phi) is 5.81. The van der Waals surface area contributed by atoms with Crippen molar-refractivity contribution in [1.29, 1.82) is 0 Å². The fourth-order valence-electron chi connectivity index (χ4n) is 4.68. The maximum Gasteiger partial charge on any atom is 0.251 e. The molecule has 2 aliphatic rings. The van der Waals surface area contributed by atoms with Crippen LogP contribution in [0.1, 0.15) is 45.7 Å². The zero-order valence-corrected chi connectivity index (χ0v) is 19.1. The number of hydrogen-bond donors (Lipinski definition) is 1. The lowest BCUT2D eigenvalue weighted by Crippen LogP contribution is -2.44. The van der Waals surface area contributed by atoms with Gasteiger partial charge in [-0.05, 0) is 68.1 Å². The third kappa shape index (κ3) is 4.46. The molecule has 5 rings (SSSR count). The molecule has 7 heteroatoms. The van der Waals surface area contributed by atoms with Gasteiger partial charge in [0.25, 0.3) is 5.91 Å². The Morgan fingerprint density at radius 2 is 1.79 bits per heavy atom. The van der Waals surface area contributed by atoms with Crippen LogP contribution in [0.15, 0.2) is 48.5 Å². The molecule has 0 radical (unpaired) electrons. The zero-order chi connectivity index (χ0) is 22.8. The molecule has 2 aromatic carbocycles. The van der Waals surface area contributed by atoms with Crippen LogP contribution >= 0.6 is 0 Å². The predicted octanol–water partition coefficient (Wildman–Crippen LogP) is 3.76. The first-order valence-electron chi connectivity index (χ1n) is 11.4. The summed E-state index contributed by atoms with van der Waals surface area (Å²) in [5.41, 5.74) is 4.85. The van der Waals surface area contributed by atoms with E-state index in [0.717, 1.165) is 46.9 Å². The van der Waals surface area contributed by atoms with E-state index in [4.69, 9.17) is 14.2 Å². The lowest BCUT2D eigenvalue weighted by atomic mass is 9.74. The molecule has 0 aliphatic carbocycles. The van der Waals surface area contributed by atoms with Crippen LogP contribution in [0.3, 0.4) is 0 Å². The number of nitrogens with zero attached hydrogens (tertiary/aromatic N) is 2. The SMILES string of the molecule is Cc1cc(C)n(Cc2ccc(C(=O)NCC3(c4ccc5c(c4)OCO5)CCOCC3)cc2)n1. The first-order chi connectivity index (χ1) is 16.0. The molecule has 1 saturated heterocycles. The highest BCUT2D eigenvalue weighted by Gasteiger charge is 2.36. The Morgan fingerprint density at radius 3 is 2.52 bits per heavy atom. The van der Waals surface area contributed by atoms with Crippen molar-refractivity contribution in [3.05, 3.63) is 76.6 Å². The van der Waals surface area contributed by atoms with Crippen molar-refractivity contribution in [3.63, 3.8) is 0 Å². The topological polar surface area (TPSA) is 74.6 Å². The van der Waals surface area contributed by atoms with Crippen molar-refractivity contribution in [2.75, 3.05) is 26.6 Å². The number of carbonyl (C=O) groups is 1. The summed E-state index contributed by atoms with van der Waals surface area (Å²) in [5.74, 6) is 1.47. The van der Waals surface area contributed by atoms with Gasteiger partial charge in [0.2, 0.25) is 6.79 Å². The Labute approximate surface area is 193 Å². The molecule has 0 saturated carbocycles. The average molecular weight is 448 g/mol. The molecular weight excluding hydrogens is 418 g/mol. The van der Waals surface area contributed by atoms with Crippen molar-refractivity contribution in [3.8, 4) is 11.5 Å². The molecule has 3 heterocycles. The number of aryl methyl sites for hydroxylation is 2. The van der Waals surface area contributed by atoms with Gasteiger partial charge in [0.1, 0.15) is 0 Å². The highest BCUT2D eigenvalue weighted by atomic mass is 16.7. The molecule has 1 aromatic heterocycles. The number of amides is 1. The minimum absolute atomic E-state index is 0.0701. The van der Waals surface area contributed by atoms with E-state index in [1.165, 1.54) is 0 Å². The molecule has 2 aliphatic heterocycles. The largest absolute Gasteiger partial charge is 0.454 e. The second-order valence-corrected chi connectivity index (χ2v) is 8.93. The Balaban J connectivity index is 1.28. The molecule has 172 valence electrons. The Bertz CT molecular complexity index is 1150. The summed E-state index contributed by atoms with van der Waals surface area (Å²) in [6.07, 6.45) is 1.68. The second-order valence-electron chi connectivity index (χ2n) is 8.93. The Morgan fingerprint density at radius 1 is 1.03 bits per heavy atom. The number of aromatic nitrogens is 2. The molecule has 0 unspecified atom stereocenters. The van der Waals surface area contributed by atoms with Crippen LogP contribution in [0, 0.1) is 13.8 Å². The van der Waals surface area contributed by atoms with Gasteiger partial charge >= 0.3 is 0 Å².